The fourth-order valence-electron chi connectivity index (χ4n) is 0.973. The highest BCUT2D eigenvalue weighted by Gasteiger charge is 2.15. The third-order valence-electron chi connectivity index (χ3n) is 1.88. The lowest BCUT2D eigenvalue weighted by Gasteiger charge is -2.18. The number of rotatable bonds is 1. The average molecular weight is 184 g/mol. The van der Waals surface area contributed by atoms with E-state index in [9.17, 15) is 4.39 Å². The summed E-state index contributed by atoms with van der Waals surface area (Å²) in [6.07, 6.45) is 0. The van der Waals surface area contributed by atoms with Crippen LogP contribution in [-0.2, 0) is 4.75 Å². The van der Waals surface area contributed by atoms with E-state index in [4.69, 9.17) is 0 Å². The van der Waals surface area contributed by atoms with Crippen LogP contribution in [0.15, 0.2) is 18.2 Å². The molecule has 1 aromatic carbocycles. The van der Waals surface area contributed by atoms with Gasteiger partial charge in [0.1, 0.15) is 5.82 Å². The van der Waals surface area contributed by atoms with Crippen LogP contribution in [0.1, 0.15) is 25.0 Å². The molecule has 0 aromatic heterocycles. The van der Waals surface area contributed by atoms with Crippen molar-refractivity contribution in [1.29, 1.82) is 0 Å². The van der Waals surface area contributed by atoms with Gasteiger partial charge in [-0.05, 0) is 38.0 Å². The van der Waals surface area contributed by atoms with Crippen LogP contribution in [0.2, 0.25) is 0 Å². The van der Waals surface area contributed by atoms with Gasteiger partial charge in [0.15, 0.2) is 0 Å². The van der Waals surface area contributed by atoms with Crippen LogP contribution in [0.4, 0.5) is 4.39 Å². The molecule has 0 bridgehead atoms. The summed E-state index contributed by atoms with van der Waals surface area (Å²) in [5, 5.41) is 0. The zero-order valence-corrected chi connectivity index (χ0v) is 8.45. The highest BCUT2D eigenvalue weighted by molar-refractivity contribution is 7.81. The molecule has 0 saturated heterocycles. The molecule has 1 aromatic rings. The second-order valence-corrected chi connectivity index (χ2v) is 4.64. The molecule has 0 spiro atoms. The van der Waals surface area contributed by atoms with Crippen LogP contribution >= 0.6 is 12.6 Å². The molecule has 0 aliphatic rings. The van der Waals surface area contributed by atoms with Crippen LogP contribution in [0.3, 0.4) is 0 Å². The summed E-state index contributed by atoms with van der Waals surface area (Å²) in [5.41, 5.74) is 1.59. The molecule has 0 nitrogen and oxygen atoms in total. The van der Waals surface area contributed by atoms with Crippen molar-refractivity contribution in [3.05, 3.63) is 35.1 Å². The third-order valence-corrected chi connectivity index (χ3v) is 2.14. The van der Waals surface area contributed by atoms with Gasteiger partial charge in [0.25, 0.3) is 0 Å². The van der Waals surface area contributed by atoms with Crippen LogP contribution in [0.25, 0.3) is 0 Å². The van der Waals surface area contributed by atoms with Gasteiger partial charge in [0, 0.05) is 4.75 Å². The Morgan fingerprint density at radius 1 is 1.33 bits per heavy atom. The predicted octanol–water partition coefficient (Wildman–Crippen LogP) is 3.30. The number of hydrogen-bond donors (Lipinski definition) is 1. The van der Waals surface area contributed by atoms with Gasteiger partial charge < -0.3 is 0 Å². The molecule has 0 radical (unpaired) electrons. The maximum atomic E-state index is 13.1. The van der Waals surface area contributed by atoms with Crippen LogP contribution in [-0.4, -0.2) is 0 Å². The molecule has 0 N–H and O–H groups in total. The quantitative estimate of drug-likeness (QED) is 0.636. The molecule has 0 heterocycles. The van der Waals surface area contributed by atoms with Crippen molar-refractivity contribution in [2.24, 2.45) is 0 Å². The van der Waals surface area contributed by atoms with Gasteiger partial charge in [-0.3, -0.25) is 0 Å². The van der Waals surface area contributed by atoms with E-state index in [1.54, 1.807) is 19.1 Å². The van der Waals surface area contributed by atoms with Gasteiger partial charge in [0.05, 0.1) is 0 Å². The lowest BCUT2D eigenvalue weighted by molar-refractivity contribution is 0.612. The summed E-state index contributed by atoms with van der Waals surface area (Å²) in [7, 11) is 0. The van der Waals surface area contributed by atoms with Crippen LogP contribution < -0.4 is 0 Å². The standard InChI is InChI=1S/C10H13FS/c1-7-4-5-8(6-9(7)11)10(2,3)12/h4-6,12H,1-3H3. The molecule has 0 aliphatic heterocycles. The van der Waals surface area contributed by atoms with Crippen molar-refractivity contribution in [1.82, 2.24) is 0 Å². The lowest BCUT2D eigenvalue weighted by Crippen LogP contribution is -2.07. The summed E-state index contributed by atoms with van der Waals surface area (Å²) < 4.78 is 12.8. The molecule has 12 heavy (non-hydrogen) atoms. The summed E-state index contributed by atoms with van der Waals surface area (Å²) in [4.78, 5) is 0. The van der Waals surface area contributed by atoms with Crippen molar-refractivity contribution < 1.29 is 4.39 Å². The van der Waals surface area contributed by atoms with Gasteiger partial charge >= 0.3 is 0 Å². The minimum atomic E-state index is -0.269. The Kier molecular flexibility index (Phi) is 2.47. The van der Waals surface area contributed by atoms with Crippen molar-refractivity contribution in [2.45, 2.75) is 25.5 Å². The second-order valence-electron chi connectivity index (χ2n) is 3.52. The van der Waals surface area contributed by atoms with E-state index in [-0.39, 0.29) is 10.6 Å². The highest BCUT2D eigenvalue weighted by Crippen LogP contribution is 2.27. The maximum Gasteiger partial charge on any atom is 0.126 e. The van der Waals surface area contributed by atoms with Crippen molar-refractivity contribution >= 4 is 12.6 Å². The molecular formula is C10H13FS. The van der Waals surface area contributed by atoms with Crippen molar-refractivity contribution in [3.8, 4) is 0 Å². The monoisotopic (exact) mass is 184 g/mol. The zero-order valence-electron chi connectivity index (χ0n) is 7.56. The Morgan fingerprint density at radius 3 is 2.33 bits per heavy atom. The number of hydrogen-bond acceptors (Lipinski definition) is 1. The molecule has 2 heteroatoms. The van der Waals surface area contributed by atoms with Crippen LogP contribution in [0.5, 0.6) is 0 Å². The minimum absolute atomic E-state index is 0.158. The summed E-state index contributed by atoms with van der Waals surface area (Å²) >= 11 is 4.36. The molecule has 0 amide bonds. The normalized spacial score (nSPS) is 11.8. The number of halogens is 1. The van der Waals surface area contributed by atoms with Crippen molar-refractivity contribution in [2.75, 3.05) is 0 Å². The second kappa shape index (κ2) is 3.09. The molecular weight excluding hydrogens is 171 g/mol. The third kappa shape index (κ3) is 2.01. The molecule has 0 fully saturated rings. The first-order valence-electron chi connectivity index (χ1n) is 3.90. The number of thiol groups is 1. The van der Waals surface area contributed by atoms with Gasteiger partial charge in [-0.1, -0.05) is 12.1 Å². The summed E-state index contributed by atoms with van der Waals surface area (Å²) in [6.45, 7) is 5.64. The Morgan fingerprint density at radius 2 is 1.92 bits per heavy atom. The predicted molar refractivity (Wildman–Crippen MR) is 53.1 cm³/mol. The zero-order chi connectivity index (χ0) is 9.35. The van der Waals surface area contributed by atoms with E-state index in [1.807, 2.05) is 19.9 Å². The maximum absolute atomic E-state index is 13.1. The fourth-order valence-corrected chi connectivity index (χ4v) is 1.11. The van der Waals surface area contributed by atoms with E-state index in [1.165, 1.54) is 0 Å². The van der Waals surface area contributed by atoms with E-state index in [0.717, 1.165) is 5.56 Å². The van der Waals surface area contributed by atoms with E-state index >= 15 is 0 Å². The first-order chi connectivity index (χ1) is 5.41. The molecule has 0 unspecified atom stereocenters. The molecule has 0 aliphatic carbocycles. The summed E-state index contributed by atoms with van der Waals surface area (Å²) in [6, 6.07) is 5.23. The smallest absolute Gasteiger partial charge is 0.126 e. The molecule has 0 saturated carbocycles. The van der Waals surface area contributed by atoms with Crippen LogP contribution in [0, 0.1) is 12.7 Å². The Labute approximate surface area is 78.2 Å². The Balaban J connectivity index is 3.14. The molecule has 0 atom stereocenters. The van der Waals surface area contributed by atoms with E-state index in [0.29, 0.717) is 5.56 Å². The summed E-state index contributed by atoms with van der Waals surface area (Å²) in [5.74, 6) is -0.158. The first-order valence-corrected chi connectivity index (χ1v) is 4.35. The first kappa shape index (κ1) is 9.59. The van der Waals surface area contributed by atoms with Crippen molar-refractivity contribution in [3.63, 3.8) is 0 Å². The van der Waals surface area contributed by atoms with Gasteiger partial charge in [-0.15, -0.1) is 0 Å². The van der Waals surface area contributed by atoms with E-state index < -0.39 is 0 Å². The van der Waals surface area contributed by atoms with Gasteiger partial charge in [0.2, 0.25) is 0 Å². The Bertz CT molecular complexity index is 286. The number of benzene rings is 1. The lowest BCUT2D eigenvalue weighted by atomic mass is 10.0. The Hall–Kier alpha value is -0.500. The fraction of sp³-hybridized carbons (Fsp3) is 0.400. The highest BCUT2D eigenvalue weighted by atomic mass is 32.1. The van der Waals surface area contributed by atoms with E-state index in [2.05, 4.69) is 12.6 Å². The largest absolute Gasteiger partial charge is 0.207 e. The SMILES string of the molecule is Cc1ccc(C(C)(C)S)cc1F. The molecule has 1 rings (SSSR count). The number of aryl methyl sites for hydroxylation is 1. The van der Waals surface area contributed by atoms with Gasteiger partial charge in [-0.25, -0.2) is 4.39 Å². The molecule has 66 valence electrons. The topological polar surface area (TPSA) is 0 Å². The van der Waals surface area contributed by atoms with Gasteiger partial charge in [-0.2, -0.15) is 12.6 Å². The minimum Gasteiger partial charge on any atom is -0.207 e. The average Bonchev–Trinajstić information content (AvgIpc) is 1.92.